The van der Waals surface area contributed by atoms with Crippen LogP contribution in [0.25, 0.3) is 11.1 Å². The quantitative estimate of drug-likeness (QED) is 0.372. The van der Waals surface area contributed by atoms with Crippen LogP contribution in [-0.2, 0) is 25.6 Å². The normalized spacial score (nSPS) is 11.3. The highest BCUT2D eigenvalue weighted by Crippen LogP contribution is 2.31. The van der Waals surface area contributed by atoms with E-state index in [1.807, 2.05) is 6.07 Å². The Labute approximate surface area is 213 Å². The van der Waals surface area contributed by atoms with E-state index in [2.05, 4.69) is 5.32 Å². The lowest BCUT2D eigenvalue weighted by Crippen LogP contribution is -2.31. The minimum absolute atomic E-state index is 0.0510. The monoisotopic (exact) mass is 508 g/mol. The van der Waals surface area contributed by atoms with Crippen molar-refractivity contribution in [2.24, 2.45) is 0 Å². The van der Waals surface area contributed by atoms with Gasteiger partial charge < -0.3 is 19.5 Å². The van der Waals surface area contributed by atoms with E-state index in [-0.39, 0.29) is 31.9 Å². The highest BCUT2D eigenvalue weighted by atomic mass is 19.1. The van der Waals surface area contributed by atoms with Crippen molar-refractivity contribution >= 4 is 11.9 Å². The van der Waals surface area contributed by atoms with Gasteiger partial charge in [0.05, 0.1) is 23.8 Å². The van der Waals surface area contributed by atoms with Crippen LogP contribution < -0.4 is 10.1 Å². The standard InChI is InChI=1S/C28H26F2N2O5/c1-3-35-25(33)17-37-22-7-5-6-20(12-22)21-13-23(29)26(24(30)14-21)27(36-4-2)28(34)32-16-19-10-8-18(15-31)9-11-19/h5-14,27H,3-4,16-17H2,1-2H3,(H,32,34). The molecule has 0 aliphatic heterocycles. The van der Waals surface area contributed by atoms with Gasteiger partial charge in [-0.1, -0.05) is 24.3 Å². The molecule has 7 nitrogen and oxygen atoms in total. The molecule has 0 spiro atoms. The number of amides is 1. The average molecular weight is 509 g/mol. The summed E-state index contributed by atoms with van der Waals surface area (Å²) in [4.78, 5) is 24.4. The molecular formula is C28H26F2N2O5. The Morgan fingerprint density at radius 3 is 2.30 bits per heavy atom. The summed E-state index contributed by atoms with van der Waals surface area (Å²) in [5.41, 5.74) is 1.35. The summed E-state index contributed by atoms with van der Waals surface area (Å²) in [6, 6.07) is 17.2. The van der Waals surface area contributed by atoms with Crippen LogP contribution in [0.2, 0.25) is 0 Å². The first-order valence-electron chi connectivity index (χ1n) is 11.6. The largest absolute Gasteiger partial charge is 0.482 e. The Morgan fingerprint density at radius 2 is 1.68 bits per heavy atom. The van der Waals surface area contributed by atoms with Crippen molar-refractivity contribution in [3.8, 4) is 22.9 Å². The summed E-state index contributed by atoms with van der Waals surface area (Å²) in [6.45, 7) is 3.37. The number of nitrogens with one attached hydrogen (secondary N) is 1. The smallest absolute Gasteiger partial charge is 0.344 e. The van der Waals surface area contributed by atoms with Crippen molar-refractivity contribution in [1.29, 1.82) is 5.26 Å². The zero-order valence-electron chi connectivity index (χ0n) is 20.4. The lowest BCUT2D eigenvalue weighted by atomic mass is 9.99. The molecule has 0 fully saturated rings. The van der Waals surface area contributed by atoms with E-state index in [0.29, 0.717) is 22.4 Å². The number of ether oxygens (including phenoxy) is 3. The highest BCUT2D eigenvalue weighted by molar-refractivity contribution is 5.82. The van der Waals surface area contributed by atoms with E-state index in [0.717, 1.165) is 12.1 Å². The molecule has 0 heterocycles. The third-order valence-corrected chi connectivity index (χ3v) is 5.29. The third-order valence-electron chi connectivity index (χ3n) is 5.29. The van der Waals surface area contributed by atoms with Gasteiger partial charge in [-0.05, 0) is 66.9 Å². The average Bonchev–Trinajstić information content (AvgIpc) is 2.90. The summed E-state index contributed by atoms with van der Waals surface area (Å²) in [7, 11) is 0. The minimum Gasteiger partial charge on any atom is -0.482 e. The maximum absolute atomic E-state index is 15.2. The van der Waals surface area contributed by atoms with E-state index >= 15 is 8.78 Å². The molecule has 3 aromatic carbocycles. The molecule has 9 heteroatoms. The summed E-state index contributed by atoms with van der Waals surface area (Å²) in [5.74, 6) is -2.80. The number of hydrogen-bond donors (Lipinski definition) is 1. The van der Waals surface area contributed by atoms with Crippen LogP contribution in [0.1, 0.15) is 36.6 Å². The number of halogens is 2. The molecule has 0 bridgehead atoms. The van der Waals surface area contributed by atoms with Gasteiger partial charge >= 0.3 is 5.97 Å². The molecule has 0 saturated heterocycles. The lowest BCUT2D eigenvalue weighted by Gasteiger charge is -2.19. The zero-order valence-corrected chi connectivity index (χ0v) is 20.4. The molecule has 1 unspecified atom stereocenters. The van der Waals surface area contributed by atoms with E-state index in [9.17, 15) is 9.59 Å². The molecule has 3 rings (SSSR count). The van der Waals surface area contributed by atoms with Crippen molar-refractivity contribution in [3.05, 3.63) is 89.0 Å². The summed E-state index contributed by atoms with van der Waals surface area (Å²) in [6.07, 6.45) is -1.50. The first-order chi connectivity index (χ1) is 17.9. The first-order valence-corrected chi connectivity index (χ1v) is 11.6. The molecule has 0 aromatic heterocycles. The zero-order chi connectivity index (χ0) is 26.8. The summed E-state index contributed by atoms with van der Waals surface area (Å²) >= 11 is 0. The van der Waals surface area contributed by atoms with Crippen LogP contribution >= 0.6 is 0 Å². The molecule has 0 saturated carbocycles. The molecule has 1 atom stereocenters. The predicted octanol–water partition coefficient (Wildman–Crippen LogP) is 4.84. The Bertz CT molecular complexity index is 1270. The van der Waals surface area contributed by atoms with Gasteiger partial charge in [-0.3, -0.25) is 4.79 Å². The van der Waals surface area contributed by atoms with Crippen LogP contribution in [-0.4, -0.2) is 31.7 Å². The fourth-order valence-electron chi connectivity index (χ4n) is 3.55. The van der Waals surface area contributed by atoms with Gasteiger partial charge in [0.2, 0.25) is 0 Å². The van der Waals surface area contributed by atoms with Crippen molar-refractivity contribution in [2.75, 3.05) is 19.8 Å². The summed E-state index contributed by atoms with van der Waals surface area (Å²) in [5, 5.41) is 11.5. The van der Waals surface area contributed by atoms with Crippen molar-refractivity contribution in [2.45, 2.75) is 26.5 Å². The van der Waals surface area contributed by atoms with Gasteiger partial charge in [-0.15, -0.1) is 0 Å². The maximum Gasteiger partial charge on any atom is 0.344 e. The molecule has 3 aromatic rings. The molecule has 0 radical (unpaired) electrons. The first kappa shape index (κ1) is 27.3. The molecule has 37 heavy (non-hydrogen) atoms. The second-order valence-corrected chi connectivity index (χ2v) is 7.84. The second kappa shape index (κ2) is 13.1. The Balaban J connectivity index is 1.79. The van der Waals surface area contributed by atoms with Crippen LogP contribution in [0.4, 0.5) is 8.78 Å². The van der Waals surface area contributed by atoms with Crippen LogP contribution in [0.15, 0.2) is 60.7 Å². The number of rotatable bonds is 11. The van der Waals surface area contributed by atoms with Crippen LogP contribution in [0.5, 0.6) is 5.75 Å². The number of esters is 1. The van der Waals surface area contributed by atoms with Gasteiger partial charge in [-0.25, -0.2) is 13.6 Å². The van der Waals surface area contributed by atoms with Gasteiger partial charge in [0.25, 0.3) is 5.91 Å². The van der Waals surface area contributed by atoms with Crippen molar-refractivity contribution < 1.29 is 32.6 Å². The molecule has 192 valence electrons. The molecule has 0 aliphatic rings. The molecular weight excluding hydrogens is 482 g/mol. The summed E-state index contributed by atoms with van der Waals surface area (Å²) < 4.78 is 46.0. The molecule has 1 amide bonds. The van der Waals surface area contributed by atoms with E-state index in [1.165, 1.54) is 6.07 Å². The molecule has 1 N–H and O–H groups in total. The Kier molecular flexibility index (Phi) is 9.69. The van der Waals surface area contributed by atoms with Crippen molar-refractivity contribution in [3.63, 3.8) is 0 Å². The topological polar surface area (TPSA) is 97.7 Å². The third kappa shape index (κ3) is 7.35. The van der Waals surface area contributed by atoms with Gasteiger partial charge in [0, 0.05) is 13.2 Å². The van der Waals surface area contributed by atoms with Gasteiger partial charge in [-0.2, -0.15) is 5.26 Å². The number of carbonyl (C=O) groups is 2. The van der Waals surface area contributed by atoms with E-state index in [4.69, 9.17) is 19.5 Å². The lowest BCUT2D eigenvalue weighted by molar-refractivity contribution is -0.145. The Morgan fingerprint density at radius 1 is 0.973 bits per heavy atom. The fraction of sp³-hybridized carbons (Fsp3) is 0.250. The van der Waals surface area contributed by atoms with E-state index < -0.39 is 35.2 Å². The number of nitriles is 1. The van der Waals surface area contributed by atoms with Gasteiger partial charge in [0.1, 0.15) is 17.4 Å². The number of hydrogen-bond acceptors (Lipinski definition) is 6. The number of benzene rings is 3. The predicted molar refractivity (Wildman–Crippen MR) is 131 cm³/mol. The number of carbonyl (C=O) groups excluding carboxylic acids is 2. The van der Waals surface area contributed by atoms with Crippen LogP contribution in [0.3, 0.4) is 0 Å². The van der Waals surface area contributed by atoms with Crippen molar-refractivity contribution in [1.82, 2.24) is 5.32 Å². The SMILES string of the molecule is CCOC(=O)COc1cccc(-c2cc(F)c(C(OCC)C(=O)NCc3ccc(C#N)cc3)c(F)c2)c1. The number of nitrogens with zero attached hydrogens (tertiary/aromatic N) is 1. The molecule has 0 aliphatic carbocycles. The maximum atomic E-state index is 15.2. The van der Waals surface area contributed by atoms with E-state index in [1.54, 1.807) is 56.3 Å². The van der Waals surface area contributed by atoms with Crippen LogP contribution in [0, 0.1) is 23.0 Å². The second-order valence-electron chi connectivity index (χ2n) is 7.84. The highest BCUT2D eigenvalue weighted by Gasteiger charge is 2.28. The van der Waals surface area contributed by atoms with Gasteiger partial charge in [0.15, 0.2) is 12.7 Å². The minimum atomic E-state index is -1.50. The fourth-order valence-corrected chi connectivity index (χ4v) is 3.55. The Hall–Kier alpha value is -4.29.